The molecule has 0 amide bonds. The first-order chi connectivity index (χ1) is 6.77. The van der Waals surface area contributed by atoms with Crippen molar-refractivity contribution in [3.8, 4) is 5.75 Å². The summed E-state index contributed by atoms with van der Waals surface area (Å²) in [4.78, 5) is 14.3. The predicted octanol–water partition coefficient (Wildman–Crippen LogP) is 2.72. The van der Waals surface area contributed by atoms with Gasteiger partial charge in [0.05, 0.1) is 6.57 Å². The van der Waals surface area contributed by atoms with E-state index in [0.717, 1.165) is 0 Å². The van der Waals surface area contributed by atoms with E-state index >= 15 is 0 Å². The van der Waals surface area contributed by atoms with Crippen LogP contribution < -0.4 is 4.74 Å². The lowest BCUT2D eigenvalue weighted by molar-refractivity contribution is -0.128. The van der Waals surface area contributed by atoms with Gasteiger partial charge in [-0.25, -0.2) is 9.64 Å². The Kier molecular flexibility index (Phi) is 3.45. The van der Waals surface area contributed by atoms with E-state index in [2.05, 4.69) is 4.85 Å². The van der Waals surface area contributed by atoms with Crippen molar-refractivity contribution in [3.05, 3.63) is 47.8 Å². The van der Waals surface area contributed by atoms with Gasteiger partial charge in [0.25, 0.3) is 0 Å². The Morgan fingerprint density at radius 2 is 2.21 bits per heavy atom. The smallest absolute Gasteiger partial charge is 0.334 e. The van der Waals surface area contributed by atoms with E-state index in [1.807, 2.05) is 0 Å². The van der Waals surface area contributed by atoms with Gasteiger partial charge in [0, 0.05) is 6.08 Å². The first-order valence-corrected chi connectivity index (χ1v) is 4.09. The Balaban J connectivity index is 2.87. The molecule has 0 radical (unpaired) electrons. The molecule has 70 valence electrons. The van der Waals surface area contributed by atoms with Crippen molar-refractivity contribution < 1.29 is 9.53 Å². The highest BCUT2D eigenvalue weighted by molar-refractivity contribution is 5.85. The summed E-state index contributed by atoms with van der Waals surface area (Å²) in [5.74, 6) is -0.172. The molecule has 14 heavy (non-hydrogen) atoms. The third-order valence-corrected chi connectivity index (χ3v) is 1.50. The van der Waals surface area contributed by atoms with E-state index in [-0.39, 0.29) is 0 Å². The molecule has 0 aliphatic heterocycles. The van der Waals surface area contributed by atoms with Crippen LogP contribution in [-0.4, -0.2) is 5.97 Å². The number of ether oxygens (including phenoxy) is 1. The number of para-hydroxylation sites is 2. The molecular formula is C11H9NO2. The molecule has 1 aromatic carbocycles. The van der Waals surface area contributed by atoms with Gasteiger partial charge < -0.3 is 4.74 Å². The highest BCUT2D eigenvalue weighted by Gasteiger charge is 2.04. The highest BCUT2D eigenvalue weighted by atomic mass is 16.5. The van der Waals surface area contributed by atoms with Gasteiger partial charge in [-0.15, -0.1) is 0 Å². The quantitative estimate of drug-likeness (QED) is 0.308. The average Bonchev–Trinajstić information content (AvgIpc) is 2.19. The summed E-state index contributed by atoms with van der Waals surface area (Å²) < 4.78 is 4.94. The lowest BCUT2D eigenvalue weighted by Crippen LogP contribution is -2.03. The molecule has 3 heteroatoms. The minimum Gasteiger partial charge on any atom is -0.435 e. The van der Waals surface area contributed by atoms with Crippen molar-refractivity contribution in [2.24, 2.45) is 0 Å². The Labute approximate surface area is 82.4 Å². The number of carbonyl (C=O) groups excluding carboxylic acids is 1. The fourth-order valence-corrected chi connectivity index (χ4v) is 0.914. The van der Waals surface area contributed by atoms with Gasteiger partial charge in [-0.3, -0.25) is 0 Å². The number of nitrogens with zero attached hydrogens (tertiary/aromatic N) is 1. The van der Waals surface area contributed by atoms with Crippen molar-refractivity contribution >= 4 is 11.7 Å². The van der Waals surface area contributed by atoms with Crippen LogP contribution in [0.3, 0.4) is 0 Å². The second-order valence-corrected chi connectivity index (χ2v) is 2.50. The predicted molar refractivity (Wildman–Crippen MR) is 53.2 cm³/mol. The lowest BCUT2D eigenvalue weighted by atomic mass is 10.3. The SMILES string of the molecule is [C-]#[N+]c1ccccc1OC(=O)C=CC. The third kappa shape index (κ3) is 2.46. The second-order valence-electron chi connectivity index (χ2n) is 2.50. The zero-order valence-corrected chi connectivity index (χ0v) is 7.73. The van der Waals surface area contributed by atoms with Crippen LogP contribution >= 0.6 is 0 Å². The number of rotatable bonds is 2. The van der Waals surface area contributed by atoms with Gasteiger partial charge in [0.1, 0.15) is 5.75 Å². The number of esters is 1. The van der Waals surface area contributed by atoms with Crippen LogP contribution in [-0.2, 0) is 4.79 Å². The van der Waals surface area contributed by atoms with Crippen molar-refractivity contribution in [1.29, 1.82) is 0 Å². The summed E-state index contributed by atoms with van der Waals surface area (Å²) in [5.41, 5.74) is 0.338. The van der Waals surface area contributed by atoms with E-state index in [4.69, 9.17) is 11.3 Å². The molecule has 0 heterocycles. The molecule has 1 rings (SSSR count). The van der Waals surface area contributed by atoms with E-state index in [1.165, 1.54) is 6.08 Å². The summed E-state index contributed by atoms with van der Waals surface area (Å²) >= 11 is 0. The Morgan fingerprint density at radius 1 is 1.50 bits per heavy atom. The summed E-state index contributed by atoms with van der Waals surface area (Å²) in [7, 11) is 0. The maximum Gasteiger partial charge on any atom is 0.334 e. The first-order valence-electron chi connectivity index (χ1n) is 4.09. The van der Waals surface area contributed by atoms with Crippen molar-refractivity contribution in [3.63, 3.8) is 0 Å². The average molecular weight is 187 g/mol. The van der Waals surface area contributed by atoms with Crippen LogP contribution in [0.2, 0.25) is 0 Å². The van der Waals surface area contributed by atoms with E-state index in [1.54, 1.807) is 37.3 Å². The number of hydrogen-bond acceptors (Lipinski definition) is 2. The highest BCUT2D eigenvalue weighted by Crippen LogP contribution is 2.26. The van der Waals surface area contributed by atoms with E-state index < -0.39 is 5.97 Å². The summed E-state index contributed by atoms with van der Waals surface area (Å²) in [6.45, 7) is 8.57. The number of benzene rings is 1. The minimum atomic E-state index is -0.469. The van der Waals surface area contributed by atoms with Crippen molar-refractivity contribution in [2.75, 3.05) is 0 Å². The van der Waals surface area contributed by atoms with E-state index in [0.29, 0.717) is 11.4 Å². The standard InChI is InChI=1S/C11H9NO2/c1-3-6-11(13)14-10-8-5-4-7-9(10)12-2/h3-8H,1H3. The Bertz CT molecular complexity index is 402. The molecule has 0 bridgehead atoms. The maximum atomic E-state index is 11.1. The molecule has 0 saturated carbocycles. The summed E-state index contributed by atoms with van der Waals surface area (Å²) in [6, 6.07) is 6.63. The maximum absolute atomic E-state index is 11.1. The van der Waals surface area contributed by atoms with E-state index in [9.17, 15) is 4.79 Å². The molecule has 1 aromatic rings. The summed E-state index contributed by atoms with van der Waals surface area (Å²) in [5, 5.41) is 0. The molecule has 0 saturated heterocycles. The Morgan fingerprint density at radius 3 is 2.86 bits per heavy atom. The second kappa shape index (κ2) is 4.83. The van der Waals surface area contributed by atoms with Crippen LogP contribution in [0.25, 0.3) is 4.85 Å². The van der Waals surface area contributed by atoms with Gasteiger partial charge in [0.2, 0.25) is 5.69 Å². The van der Waals surface area contributed by atoms with Gasteiger partial charge in [0.15, 0.2) is 0 Å². The molecule has 0 aliphatic rings. The Hall–Kier alpha value is -2.08. The molecule has 0 spiro atoms. The topological polar surface area (TPSA) is 30.7 Å². The number of allylic oxidation sites excluding steroid dienone is 1. The van der Waals surface area contributed by atoms with Crippen LogP contribution in [0.4, 0.5) is 5.69 Å². The van der Waals surface area contributed by atoms with Crippen LogP contribution in [0.5, 0.6) is 5.75 Å². The minimum absolute atomic E-state index is 0.297. The first kappa shape index (κ1) is 10.0. The van der Waals surface area contributed by atoms with Crippen LogP contribution in [0, 0.1) is 6.57 Å². The normalized spacial score (nSPS) is 9.71. The monoisotopic (exact) mass is 187 g/mol. The molecule has 0 aromatic heterocycles. The lowest BCUT2D eigenvalue weighted by Gasteiger charge is -2.02. The van der Waals surface area contributed by atoms with Gasteiger partial charge >= 0.3 is 5.97 Å². The zero-order chi connectivity index (χ0) is 10.4. The van der Waals surface area contributed by atoms with Crippen molar-refractivity contribution in [1.82, 2.24) is 0 Å². The molecule has 0 N–H and O–H groups in total. The molecule has 0 atom stereocenters. The van der Waals surface area contributed by atoms with Gasteiger partial charge in [-0.1, -0.05) is 24.3 Å². The van der Waals surface area contributed by atoms with Crippen LogP contribution in [0.1, 0.15) is 6.92 Å². The molecule has 0 fully saturated rings. The third-order valence-electron chi connectivity index (χ3n) is 1.50. The fraction of sp³-hybridized carbons (Fsp3) is 0.0909. The van der Waals surface area contributed by atoms with Crippen molar-refractivity contribution in [2.45, 2.75) is 6.92 Å². The zero-order valence-electron chi connectivity index (χ0n) is 7.73. The molecule has 0 aliphatic carbocycles. The number of hydrogen-bond donors (Lipinski definition) is 0. The molecule has 3 nitrogen and oxygen atoms in total. The molecule has 0 unspecified atom stereocenters. The summed E-state index contributed by atoms with van der Waals surface area (Å²) in [6.07, 6.45) is 2.89. The fourth-order valence-electron chi connectivity index (χ4n) is 0.914. The van der Waals surface area contributed by atoms with Crippen LogP contribution in [0.15, 0.2) is 36.4 Å². The largest absolute Gasteiger partial charge is 0.435 e. The van der Waals surface area contributed by atoms with Gasteiger partial charge in [-0.2, -0.15) is 0 Å². The van der Waals surface area contributed by atoms with Gasteiger partial charge in [-0.05, 0) is 13.0 Å². The number of carbonyl (C=O) groups is 1. The molecular weight excluding hydrogens is 178 g/mol.